The lowest BCUT2D eigenvalue weighted by Gasteiger charge is -2.38. The number of fused-ring (bicyclic) bond motifs is 1. The molecule has 1 heterocycles. The molecule has 39 heavy (non-hydrogen) atoms. The minimum absolute atomic E-state index is 0.00804. The number of hydrogen-bond acceptors (Lipinski definition) is 4. The van der Waals surface area contributed by atoms with Gasteiger partial charge in [-0.1, -0.05) is 54.1 Å². The monoisotopic (exact) mass is 520 g/mol. The maximum absolute atomic E-state index is 13.7. The predicted molar refractivity (Wildman–Crippen MR) is 152 cm³/mol. The molecule has 2 amide bonds. The van der Waals surface area contributed by atoms with Crippen LogP contribution in [0.5, 0.6) is 11.5 Å². The van der Waals surface area contributed by atoms with Crippen molar-refractivity contribution in [2.24, 2.45) is 0 Å². The third-order valence-electron chi connectivity index (χ3n) is 7.02. The molecule has 1 N–H and O–H groups in total. The number of amides is 2. The Morgan fingerprint density at radius 2 is 1.64 bits per heavy atom. The number of rotatable bonds is 7. The van der Waals surface area contributed by atoms with Gasteiger partial charge < -0.3 is 19.7 Å². The Morgan fingerprint density at radius 1 is 0.897 bits per heavy atom. The first-order chi connectivity index (χ1) is 18.9. The molecule has 0 aromatic heterocycles. The zero-order chi connectivity index (χ0) is 27.4. The number of carbonyl (C=O) groups excluding carboxylic acids is 2. The number of hydrogen-bond donors (Lipinski definition) is 1. The number of aryl methyl sites for hydroxylation is 1. The maximum atomic E-state index is 13.7. The molecule has 0 saturated carbocycles. The van der Waals surface area contributed by atoms with Gasteiger partial charge in [0.05, 0.1) is 13.2 Å². The lowest BCUT2D eigenvalue weighted by molar-refractivity contribution is -0.122. The molecule has 4 aromatic carbocycles. The minimum atomic E-state index is -0.729. The first kappa shape index (κ1) is 26.0. The van der Waals surface area contributed by atoms with Crippen LogP contribution in [0.3, 0.4) is 0 Å². The molecule has 0 unspecified atom stereocenters. The number of nitrogens with zero attached hydrogens (tertiary/aromatic N) is 1. The van der Waals surface area contributed by atoms with E-state index in [0.29, 0.717) is 29.3 Å². The molecule has 2 atom stereocenters. The molecule has 6 nitrogen and oxygen atoms in total. The lowest BCUT2D eigenvalue weighted by atomic mass is 9.87. The molecule has 0 spiro atoms. The summed E-state index contributed by atoms with van der Waals surface area (Å²) in [6.07, 6.45) is 0.0116. The van der Waals surface area contributed by atoms with Gasteiger partial charge in [0.1, 0.15) is 11.5 Å². The van der Waals surface area contributed by atoms with E-state index in [1.165, 1.54) is 5.56 Å². The molecule has 4 aromatic rings. The van der Waals surface area contributed by atoms with Crippen molar-refractivity contribution in [3.05, 3.63) is 125 Å². The van der Waals surface area contributed by atoms with Gasteiger partial charge in [-0.15, -0.1) is 0 Å². The van der Waals surface area contributed by atoms with Crippen molar-refractivity contribution < 1.29 is 19.1 Å². The van der Waals surface area contributed by atoms with E-state index in [1.807, 2.05) is 59.5 Å². The molecule has 0 radical (unpaired) electrons. The minimum Gasteiger partial charge on any atom is -0.497 e. The van der Waals surface area contributed by atoms with Crippen molar-refractivity contribution in [3.63, 3.8) is 0 Å². The van der Waals surface area contributed by atoms with Crippen molar-refractivity contribution in [1.82, 2.24) is 4.90 Å². The standard InChI is InChI=1S/C33H32N2O4/c1-22-8-7-11-26(20-22)31-30-21-29(39-23(2)32(36)34-27-13-16-28(38-3)17-14-27)15-12-24(30)18-19-35(31)33(37)25-9-5-4-6-10-25/h4-17,20-21,23,31H,18-19H2,1-3H3,(H,34,36)/t23-,31-/m0/s1. The van der Waals surface area contributed by atoms with Crippen LogP contribution < -0.4 is 14.8 Å². The van der Waals surface area contributed by atoms with Gasteiger partial charge >= 0.3 is 0 Å². The number of ether oxygens (including phenoxy) is 2. The molecule has 5 rings (SSSR count). The molecule has 6 heteroatoms. The summed E-state index contributed by atoms with van der Waals surface area (Å²) in [5.74, 6) is 1.03. The first-order valence-electron chi connectivity index (χ1n) is 13.1. The van der Waals surface area contributed by atoms with Crippen LogP contribution in [-0.2, 0) is 11.2 Å². The summed E-state index contributed by atoms with van der Waals surface area (Å²) >= 11 is 0. The Labute approximate surface area is 229 Å². The van der Waals surface area contributed by atoms with Gasteiger partial charge in [-0.25, -0.2) is 0 Å². The van der Waals surface area contributed by atoms with Crippen molar-refractivity contribution in [1.29, 1.82) is 0 Å². The highest BCUT2D eigenvalue weighted by molar-refractivity contribution is 5.95. The van der Waals surface area contributed by atoms with Crippen molar-refractivity contribution in [2.45, 2.75) is 32.4 Å². The fraction of sp³-hybridized carbons (Fsp3) is 0.212. The average Bonchev–Trinajstić information content (AvgIpc) is 2.97. The van der Waals surface area contributed by atoms with Crippen LogP contribution in [0.2, 0.25) is 0 Å². The predicted octanol–water partition coefficient (Wildman–Crippen LogP) is 6.20. The molecule has 0 fully saturated rings. The van der Waals surface area contributed by atoms with Crippen molar-refractivity contribution in [2.75, 3.05) is 19.0 Å². The number of carbonyl (C=O) groups is 2. The van der Waals surface area contributed by atoms with E-state index in [9.17, 15) is 9.59 Å². The van der Waals surface area contributed by atoms with E-state index in [2.05, 4.69) is 30.4 Å². The number of methoxy groups -OCH3 is 1. The van der Waals surface area contributed by atoms with Crippen molar-refractivity contribution >= 4 is 17.5 Å². The van der Waals surface area contributed by atoms with E-state index in [-0.39, 0.29) is 17.9 Å². The molecule has 0 bridgehead atoms. The second kappa shape index (κ2) is 11.4. The Bertz CT molecular complexity index is 1470. The number of benzene rings is 4. The van der Waals surface area contributed by atoms with Gasteiger partial charge in [0, 0.05) is 17.8 Å². The van der Waals surface area contributed by atoms with Crippen LogP contribution in [0.15, 0.2) is 97.1 Å². The zero-order valence-corrected chi connectivity index (χ0v) is 22.4. The van der Waals surface area contributed by atoms with Gasteiger partial charge in [-0.3, -0.25) is 9.59 Å². The van der Waals surface area contributed by atoms with Crippen LogP contribution in [0.4, 0.5) is 5.69 Å². The lowest BCUT2D eigenvalue weighted by Crippen LogP contribution is -2.40. The molecular weight excluding hydrogens is 488 g/mol. The van der Waals surface area contributed by atoms with E-state index in [1.54, 1.807) is 38.3 Å². The number of anilines is 1. The third kappa shape index (κ3) is 5.80. The van der Waals surface area contributed by atoms with Crippen LogP contribution in [0.1, 0.15) is 45.6 Å². The summed E-state index contributed by atoms with van der Waals surface area (Å²) in [6.45, 7) is 4.39. The fourth-order valence-corrected chi connectivity index (χ4v) is 5.01. The van der Waals surface area contributed by atoms with Crippen LogP contribution in [0, 0.1) is 6.92 Å². The zero-order valence-electron chi connectivity index (χ0n) is 22.4. The molecule has 198 valence electrons. The highest BCUT2D eigenvalue weighted by Gasteiger charge is 2.33. The van der Waals surface area contributed by atoms with Gasteiger partial charge in [-0.05, 0) is 85.5 Å². The Balaban J connectivity index is 1.42. The van der Waals surface area contributed by atoms with Crippen LogP contribution in [0.25, 0.3) is 0 Å². The second-order valence-corrected chi connectivity index (χ2v) is 9.77. The Kier molecular flexibility index (Phi) is 7.64. The normalized spacial score (nSPS) is 15.2. The Morgan fingerprint density at radius 3 is 2.36 bits per heavy atom. The van der Waals surface area contributed by atoms with Crippen LogP contribution >= 0.6 is 0 Å². The average molecular weight is 521 g/mol. The summed E-state index contributed by atoms with van der Waals surface area (Å²) in [6, 6.07) is 30.5. The van der Waals surface area contributed by atoms with Crippen molar-refractivity contribution in [3.8, 4) is 11.5 Å². The first-order valence-corrected chi connectivity index (χ1v) is 13.1. The summed E-state index contributed by atoms with van der Waals surface area (Å²) < 4.78 is 11.3. The van der Waals surface area contributed by atoms with Gasteiger partial charge in [0.15, 0.2) is 6.10 Å². The maximum Gasteiger partial charge on any atom is 0.265 e. The summed E-state index contributed by atoms with van der Waals surface area (Å²) in [4.78, 5) is 28.5. The molecule has 1 aliphatic rings. The summed E-state index contributed by atoms with van der Waals surface area (Å²) in [7, 11) is 1.60. The van der Waals surface area contributed by atoms with E-state index < -0.39 is 6.10 Å². The Hall–Kier alpha value is -4.58. The number of nitrogens with one attached hydrogen (secondary N) is 1. The molecule has 1 aliphatic heterocycles. The molecular formula is C33H32N2O4. The topological polar surface area (TPSA) is 67.9 Å². The SMILES string of the molecule is COc1ccc(NC(=O)[C@H](C)Oc2ccc3c(c2)[C@H](c2cccc(C)c2)N(C(=O)c2ccccc2)CC3)cc1. The largest absolute Gasteiger partial charge is 0.497 e. The second-order valence-electron chi connectivity index (χ2n) is 9.77. The van der Waals surface area contributed by atoms with E-state index in [0.717, 1.165) is 23.1 Å². The summed E-state index contributed by atoms with van der Waals surface area (Å²) in [5.41, 5.74) is 5.68. The quantitative estimate of drug-likeness (QED) is 0.315. The van der Waals surface area contributed by atoms with Gasteiger partial charge in [-0.2, -0.15) is 0 Å². The van der Waals surface area contributed by atoms with Crippen LogP contribution in [-0.4, -0.2) is 36.5 Å². The molecule has 0 aliphatic carbocycles. The summed E-state index contributed by atoms with van der Waals surface area (Å²) in [5, 5.41) is 2.88. The third-order valence-corrected chi connectivity index (χ3v) is 7.02. The van der Waals surface area contributed by atoms with E-state index in [4.69, 9.17) is 9.47 Å². The fourth-order valence-electron chi connectivity index (χ4n) is 5.01. The van der Waals surface area contributed by atoms with Gasteiger partial charge in [0.2, 0.25) is 0 Å². The van der Waals surface area contributed by atoms with E-state index >= 15 is 0 Å². The van der Waals surface area contributed by atoms with Gasteiger partial charge in [0.25, 0.3) is 11.8 Å². The molecule has 0 saturated heterocycles. The highest BCUT2D eigenvalue weighted by Crippen LogP contribution is 2.38. The highest BCUT2D eigenvalue weighted by atomic mass is 16.5. The smallest absolute Gasteiger partial charge is 0.265 e.